The lowest BCUT2D eigenvalue weighted by atomic mass is 10.1. The van der Waals surface area contributed by atoms with Gasteiger partial charge in [-0.05, 0) is 47.0 Å². The van der Waals surface area contributed by atoms with Gasteiger partial charge in [0.05, 0.1) is 0 Å². The van der Waals surface area contributed by atoms with Crippen LogP contribution in [0.3, 0.4) is 0 Å². The predicted octanol–water partition coefficient (Wildman–Crippen LogP) is 3.30. The minimum Gasteiger partial charge on any atom is -0.325 e. The molecular formula is C18H19N5OS. The molecule has 1 N–H and O–H groups in total. The first-order valence-electron chi connectivity index (χ1n) is 7.86. The van der Waals surface area contributed by atoms with E-state index in [1.807, 2.05) is 62.4 Å². The van der Waals surface area contributed by atoms with Crippen molar-refractivity contribution in [3.05, 3.63) is 65.2 Å². The third kappa shape index (κ3) is 4.06. The second-order valence-electron chi connectivity index (χ2n) is 5.80. The summed E-state index contributed by atoms with van der Waals surface area (Å²) >= 11 is 1.33. The molecule has 0 aliphatic rings. The number of carbonyl (C=O) groups is 1. The van der Waals surface area contributed by atoms with Crippen LogP contribution in [0.5, 0.6) is 0 Å². The van der Waals surface area contributed by atoms with Gasteiger partial charge in [-0.1, -0.05) is 54.2 Å². The third-order valence-electron chi connectivity index (χ3n) is 3.80. The molecule has 1 amide bonds. The largest absolute Gasteiger partial charge is 0.325 e. The van der Waals surface area contributed by atoms with Crippen molar-refractivity contribution in [2.24, 2.45) is 7.05 Å². The Bertz CT molecular complexity index is 878. The summed E-state index contributed by atoms with van der Waals surface area (Å²) in [6.07, 6.45) is 0. The summed E-state index contributed by atoms with van der Waals surface area (Å²) in [6, 6.07) is 15.6. The number of nitrogens with zero attached hydrogens (tertiary/aromatic N) is 4. The zero-order valence-corrected chi connectivity index (χ0v) is 15.1. The van der Waals surface area contributed by atoms with Crippen molar-refractivity contribution < 1.29 is 4.79 Å². The van der Waals surface area contributed by atoms with E-state index in [9.17, 15) is 4.79 Å². The fourth-order valence-corrected chi connectivity index (χ4v) is 3.34. The highest BCUT2D eigenvalue weighted by molar-refractivity contribution is 8.00. The molecular weight excluding hydrogens is 334 g/mol. The average Bonchev–Trinajstić information content (AvgIpc) is 3.01. The monoisotopic (exact) mass is 353 g/mol. The number of amides is 1. The maximum atomic E-state index is 13.0. The molecule has 1 atom stereocenters. The molecule has 1 heterocycles. The van der Waals surface area contributed by atoms with Crippen molar-refractivity contribution in [3.63, 3.8) is 0 Å². The number of aromatic nitrogens is 4. The fraction of sp³-hybridized carbons (Fsp3) is 0.222. The summed E-state index contributed by atoms with van der Waals surface area (Å²) in [5.41, 5.74) is 3.85. The molecule has 0 spiro atoms. The van der Waals surface area contributed by atoms with Crippen molar-refractivity contribution in [1.82, 2.24) is 20.2 Å². The van der Waals surface area contributed by atoms with Gasteiger partial charge in [0.25, 0.3) is 0 Å². The number of benzene rings is 2. The number of carbonyl (C=O) groups excluding carboxylic acids is 1. The molecule has 0 radical (unpaired) electrons. The molecule has 3 aromatic rings. The quantitative estimate of drug-likeness (QED) is 0.713. The zero-order valence-electron chi connectivity index (χ0n) is 14.3. The fourth-order valence-electron chi connectivity index (χ4n) is 2.40. The van der Waals surface area contributed by atoms with E-state index < -0.39 is 5.25 Å². The maximum absolute atomic E-state index is 13.0. The van der Waals surface area contributed by atoms with Gasteiger partial charge in [0.1, 0.15) is 5.25 Å². The van der Waals surface area contributed by atoms with E-state index in [-0.39, 0.29) is 5.91 Å². The molecule has 0 unspecified atom stereocenters. The summed E-state index contributed by atoms with van der Waals surface area (Å²) < 4.78 is 1.56. The molecule has 0 bridgehead atoms. The Balaban J connectivity index is 1.89. The molecule has 2 aromatic carbocycles. The summed E-state index contributed by atoms with van der Waals surface area (Å²) in [4.78, 5) is 13.0. The Kier molecular flexibility index (Phi) is 5.14. The minimum atomic E-state index is -0.453. The van der Waals surface area contributed by atoms with E-state index in [4.69, 9.17) is 0 Å². The molecule has 0 aliphatic heterocycles. The van der Waals surface area contributed by atoms with Gasteiger partial charge < -0.3 is 5.32 Å². The molecule has 1 aromatic heterocycles. The van der Waals surface area contributed by atoms with Crippen LogP contribution in [0.25, 0.3) is 0 Å². The number of tetrazole rings is 1. The Labute approximate surface area is 150 Å². The molecule has 6 nitrogen and oxygen atoms in total. The Hall–Kier alpha value is -2.67. The molecule has 0 saturated carbocycles. The summed E-state index contributed by atoms with van der Waals surface area (Å²) in [6.45, 7) is 3.98. The lowest BCUT2D eigenvalue weighted by Gasteiger charge is -2.17. The van der Waals surface area contributed by atoms with E-state index in [1.54, 1.807) is 11.7 Å². The van der Waals surface area contributed by atoms with Crippen LogP contribution >= 0.6 is 11.8 Å². The van der Waals surface area contributed by atoms with Crippen LogP contribution < -0.4 is 5.32 Å². The minimum absolute atomic E-state index is 0.104. The Morgan fingerprint density at radius 2 is 1.92 bits per heavy atom. The second kappa shape index (κ2) is 7.48. The maximum Gasteiger partial charge on any atom is 0.242 e. The van der Waals surface area contributed by atoms with Crippen LogP contribution in [0.15, 0.2) is 53.7 Å². The van der Waals surface area contributed by atoms with E-state index >= 15 is 0 Å². The Morgan fingerprint density at radius 3 is 2.60 bits per heavy atom. The van der Waals surface area contributed by atoms with Gasteiger partial charge in [-0.25, -0.2) is 4.68 Å². The number of hydrogen-bond donors (Lipinski definition) is 1. The van der Waals surface area contributed by atoms with E-state index in [0.29, 0.717) is 5.16 Å². The zero-order chi connectivity index (χ0) is 17.8. The van der Waals surface area contributed by atoms with Gasteiger partial charge in [-0.3, -0.25) is 4.79 Å². The number of aryl methyl sites for hydroxylation is 3. The summed E-state index contributed by atoms with van der Waals surface area (Å²) in [5, 5.41) is 14.6. The van der Waals surface area contributed by atoms with Crippen LogP contribution in [0.2, 0.25) is 0 Å². The highest BCUT2D eigenvalue weighted by atomic mass is 32.2. The van der Waals surface area contributed by atoms with Crippen LogP contribution in [-0.2, 0) is 11.8 Å². The second-order valence-corrected chi connectivity index (χ2v) is 6.87. The molecule has 0 fully saturated rings. The van der Waals surface area contributed by atoms with Gasteiger partial charge in [-0.2, -0.15) is 0 Å². The first kappa shape index (κ1) is 17.2. The third-order valence-corrected chi connectivity index (χ3v) is 5.07. The molecule has 3 rings (SSSR count). The number of rotatable bonds is 5. The molecule has 0 saturated heterocycles. The number of hydrogen-bond acceptors (Lipinski definition) is 5. The van der Waals surface area contributed by atoms with Crippen LogP contribution in [-0.4, -0.2) is 26.1 Å². The van der Waals surface area contributed by atoms with E-state index in [0.717, 1.165) is 22.4 Å². The summed E-state index contributed by atoms with van der Waals surface area (Å²) in [5.74, 6) is -0.104. The van der Waals surface area contributed by atoms with Crippen molar-refractivity contribution in [1.29, 1.82) is 0 Å². The van der Waals surface area contributed by atoms with Crippen molar-refractivity contribution in [3.8, 4) is 0 Å². The topological polar surface area (TPSA) is 72.7 Å². The SMILES string of the molecule is Cc1ccc(C)c(NC(=O)[C@@H](Sc2nnnn2C)c2ccccc2)c1. The molecule has 128 valence electrons. The lowest BCUT2D eigenvalue weighted by molar-refractivity contribution is -0.115. The lowest BCUT2D eigenvalue weighted by Crippen LogP contribution is -2.20. The summed E-state index contributed by atoms with van der Waals surface area (Å²) in [7, 11) is 1.76. The van der Waals surface area contributed by atoms with Crippen LogP contribution in [0.1, 0.15) is 21.9 Å². The molecule has 0 aliphatic carbocycles. The number of anilines is 1. The van der Waals surface area contributed by atoms with Crippen molar-refractivity contribution in [2.75, 3.05) is 5.32 Å². The standard InChI is InChI=1S/C18H19N5OS/c1-12-9-10-13(2)15(11-12)19-17(24)16(14-7-5-4-6-8-14)25-18-20-21-22-23(18)3/h4-11,16H,1-3H3,(H,19,24)/t16-/m0/s1. The highest BCUT2D eigenvalue weighted by Gasteiger charge is 2.25. The smallest absolute Gasteiger partial charge is 0.242 e. The van der Waals surface area contributed by atoms with Gasteiger partial charge in [0.15, 0.2) is 0 Å². The first-order valence-corrected chi connectivity index (χ1v) is 8.74. The van der Waals surface area contributed by atoms with Gasteiger partial charge in [-0.15, -0.1) is 5.10 Å². The van der Waals surface area contributed by atoms with Gasteiger partial charge >= 0.3 is 0 Å². The average molecular weight is 353 g/mol. The van der Waals surface area contributed by atoms with Crippen LogP contribution in [0.4, 0.5) is 5.69 Å². The van der Waals surface area contributed by atoms with Crippen molar-refractivity contribution in [2.45, 2.75) is 24.3 Å². The number of thioether (sulfide) groups is 1. The van der Waals surface area contributed by atoms with E-state index in [2.05, 4.69) is 20.8 Å². The van der Waals surface area contributed by atoms with Gasteiger partial charge in [0.2, 0.25) is 11.1 Å². The highest BCUT2D eigenvalue weighted by Crippen LogP contribution is 2.35. The Morgan fingerprint density at radius 1 is 1.16 bits per heavy atom. The number of nitrogens with one attached hydrogen (secondary N) is 1. The predicted molar refractivity (Wildman–Crippen MR) is 98.4 cm³/mol. The van der Waals surface area contributed by atoms with E-state index in [1.165, 1.54) is 11.8 Å². The normalized spacial score (nSPS) is 12.0. The molecule has 25 heavy (non-hydrogen) atoms. The van der Waals surface area contributed by atoms with Crippen LogP contribution in [0, 0.1) is 13.8 Å². The van der Waals surface area contributed by atoms with Gasteiger partial charge in [0, 0.05) is 12.7 Å². The molecule has 7 heteroatoms. The van der Waals surface area contributed by atoms with Crippen molar-refractivity contribution >= 4 is 23.4 Å². The first-order chi connectivity index (χ1) is 12.0.